The average molecular weight is 341 g/mol. The summed E-state index contributed by atoms with van der Waals surface area (Å²) in [6.07, 6.45) is 3.81. The molecule has 2 rings (SSSR count). The average Bonchev–Trinajstić information content (AvgIpc) is 2.48. The molecule has 0 bridgehead atoms. The second-order valence-electron chi connectivity index (χ2n) is 7.44. The molecule has 0 saturated carbocycles. The Kier molecular flexibility index (Phi) is 6.73. The van der Waals surface area contributed by atoms with Crippen LogP contribution >= 0.6 is 0 Å². The Hall–Kier alpha value is -1.03. The molecule has 0 aliphatic carbocycles. The van der Waals surface area contributed by atoms with E-state index in [9.17, 15) is 13.2 Å². The number of hydrogen-bond acceptors (Lipinski definition) is 1. The van der Waals surface area contributed by atoms with Gasteiger partial charge in [-0.3, -0.25) is 0 Å². The number of hydrogen-bond donors (Lipinski definition) is 0. The summed E-state index contributed by atoms with van der Waals surface area (Å²) in [5.74, 6) is -3.58. The topological polar surface area (TPSA) is 3.24 Å². The highest BCUT2D eigenvalue weighted by Gasteiger charge is 2.37. The van der Waals surface area contributed by atoms with Crippen LogP contribution in [-0.4, -0.2) is 24.5 Å². The summed E-state index contributed by atoms with van der Waals surface area (Å²) in [7, 11) is 0. The van der Waals surface area contributed by atoms with Crippen LogP contribution in [0.4, 0.5) is 13.2 Å². The molecule has 1 aromatic carbocycles. The van der Waals surface area contributed by atoms with Gasteiger partial charge in [0.15, 0.2) is 0 Å². The van der Waals surface area contributed by atoms with Crippen molar-refractivity contribution >= 4 is 0 Å². The first-order valence-electron chi connectivity index (χ1n) is 9.24. The predicted molar refractivity (Wildman–Crippen MR) is 93.1 cm³/mol. The van der Waals surface area contributed by atoms with Crippen LogP contribution in [0, 0.1) is 11.7 Å². The van der Waals surface area contributed by atoms with E-state index in [0.29, 0.717) is 17.9 Å². The lowest BCUT2D eigenvalue weighted by Gasteiger charge is -2.40. The minimum atomic E-state index is -3.09. The van der Waals surface area contributed by atoms with Gasteiger partial charge in [-0.1, -0.05) is 51.8 Å². The second kappa shape index (κ2) is 8.37. The molecule has 136 valence electrons. The minimum absolute atomic E-state index is 0.0935. The van der Waals surface area contributed by atoms with Gasteiger partial charge in [0.1, 0.15) is 5.82 Å². The molecule has 1 aliphatic heterocycles. The van der Waals surface area contributed by atoms with E-state index < -0.39 is 17.3 Å². The van der Waals surface area contributed by atoms with E-state index in [2.05, 4.69) is 11.8 Å². The molecule has 0 N–H and O–H groups in total. The monoisotopic (exact) mass is 341 g/mol. The SMILES string of the molecule is CCCCCN1CC(CCC(F)(F)c2cccc(C(C)C)c2F)C1. The highest BCUT2D eigenvalue weighted by molar-refractivity contribution is 5.31. The maximum Gasteiger partial charge on any atom is 0.276 e. The number of nitrogens with zero attached hydrogens (tertiary/aromatic N) is 1. The molecule has 0 unspecified atom stereocenters. The van der Waals surface area contributed by atoms with E-state index in [1.807, 2.05) is 13.8 Å². The maximum atomic E-state index is 14.5. The number of benzene rings is 1. The van der Waals surface area contributed by atoms with Gasteiger partial charge in [-0.25, -0.2) is 13.2 Å². The predicted octanol–water partition coefficient (Wildman–Crippen LogP) is 5.94. The van der Waals surface area contributed by atoms with Crippen molar-refractivity contribution in [2.45, 2.75) is 64.7 Å². The molecule has 0 spiro atoms. The van der Waals surface area contributed by atoms with Crippen LogP contribution in [0.15, 0.2) is 18.2 Å². The van der Waals surface area contributed by atoms with Gasteiger partial charge >= 0.3 is 0 Å². The fraction of sp³-hybridized carbons (Fsp3) is 0.700. The van der Waals surface area contributed by atoms with Crippen molar-refractivity contribution in [3.05, 3.63) is 35.1 Å². The maximum absolute atomic E-state index is 14.5. The smallest absolute Gasteiger partial charge is 0.276 e. The van der Waals surface area contributed by atoms with Crippen LogP contribution < -0.4 is 0 Å². The van der Waals surface area contributed by atoms with Crippen molar-refractivity contribution in [1.82, 2.24) is 4.90 Å². The standard InChI is InChI=1S/C20H30F3N/c1-4-5-6-12-24-13-16(14-24)10-11-20(22,23)18-9-7-8-17(15(2)3)19(18)21/h7-9,15-16H,4-6,10-14H2,1-3H3. The highest BCUT2D eigenvalue weighted by Crippen LogP contribution is 2.38. The van der Waals surface area contributed by atoms with E-state index >= 15 is 0 Å². The number of unbranched alkanes of at least 4 members (excludes halogenated alkanes) is 2. The molecule has 0 radical (unpaired) electrons. The molecule has 0 amide bonds. The third kappa shape index (κ3) is 4.75. The first-order chi connectivity index (χ1) is 11.3. The van der Waals surface area contributed by atoms with Crippen LogP contribution in [0.25, 0.3) is 0 Å². The molecule has 0 atom stereocenters. The lowest BCUT2D eigenvalue weighted by atomic mass is 9.89. The molecule has 1 aromatic rings. The fourth-order valence-electron chi connectivity index (χ4n) is 3.43. The normalized spacial score (nSPS) is 16.6. The summed E-state index contributed by atoms with van der Waals surface area (Å²) < 4.78 is 43.3. The van der Waals surface area contributed by atoms with Gasteiger partial charge in [0.2, 0.25) is 0 Å². The van der Waals surface area contributed by atoms with Crippen molar-refractivity contribution in [2.75, 3.05) is 19.6 Å². The summed E-state index contributed by atoms with van der Waals surface area (Å²) in [5, 5.41) is 0. The summed E-state index contributed by atoms with van der Waals surface area (Å²) >= 11 is 0. The quantitative estimate of drug-likeness (QED) is 0.502. The number of likely N-dealkylation sites (tertiary alicyclic amines) is 1. The lowest BCUT2D eigenvalue weighted by Crippen LogP contribution is -2.47. The van der Waals surface area contributed by atoms with Crippen LogP contribution in [0.1, 0.15) is 69.9 Å². The van der Waals surface area contributed by atoms with E-state index in [4.69, 9.17) is 0 Å². The van der Waals surface area contributed by atoms with Crippen LogP contribution in [-0.2, 0) is 5.92 Å². The van der Waals surface area contributed by atoms with Gasteiger partial charge in [0.05, 0.1) is 5.56 Å². The Morgan fingerprint density at radius 2 is 1.92 bits per heavy atom. The molecular weight excluding hydrogens is 311 g/mol. The summed E-state index contributed by atoms with van der Waals surface area (Å²) in [6.45, 7) is 8.71. The van der Waals surface area contributed by atoms with E-state index in [-0.39, 0.29) is 12.3 Å². The van der Waals surface area contributed by atoms with Gasteiger partial charge < -0.3 is 4.90 Å². The van der Waals surface area contributed by atoms with Gasteiger partial charge in [0, 0.05) is 19.5 Å². The third-order valence-corrected chi connectivity index (χ3v) is 5.02. The van der Waals surface area contributed by atoms with Crippen molar-refractivity contribution in [2.24, 2.45) is 5.92 Å². The summed E-state index contributed by atoms with van der Waals surface area (Å²) in [5.41, 5.74) is -0.0641. The molecular formula is C20H30F3N. The Balaban J connectivity index is 1.86. The van der Waals surface area contributed by atoms with Gasteiger partial charge in [-0.2, -0.15) is 0 Å². The zero-order valence-corrected chi connectivity index (χ0v) is 15.1. The third-order valence-electron chi connectivity index (χ3n) is 5.02. The van der Waals surface area contributed by atoms with Gasteiger partial charge in [-0.15, -0.1) is 0 Å². The molecule has 1 nitrogen and oxygen atoms in total. The number of alkyl halides is 2. The fourth-order valence-corrected chi connectivity index (χ4v) is 3.43. The van der Waals surface area contributed by atoms with Crippen molar-refractivity contribution in [3.8, 4) is 0 Å². The zero-order chi connectivity index (χ0) is 17.7. The van der Waals surface area contributed by atoms with E-state index in [1.54, 1.807) is 12.1 Å². The first kappa shape index (κ1) is 19.3. The Morgan fingerprint density at radius 3 is 2.54 bits per heavy atom. The minimum Gasteiger partial charge on any atom is -0.303 e. The van der Waals surface area contributed by atoms with E-state index in [1.165, 1.54) is 25.3 Å². The van der Waals surface area contributed by atoms with Crippen molar-refractivity contribution < 1.29 is 13.2 Å². The lowest BCUT2D eigenvalue weighted by molar-refractivity contribution is -0.0320. The number of rotatable bonds is 9. The second-order valence-corrected chi connectivity index (χ2v) is 7.44. The Labute approximate surface area is 144 Å². The molecule has 4 heteroatoms. The Bertz CT molecular complexity index is 522. The largest absolute Gasteiger partial charge is 0.303 e. The molecule has 24 heavy (non-hydrogen) atoms. The van der Waals surface area contributed by atoms with Crippen molar-refractivity contribution in [3.63, 3.8) is 0 Å². The zero-order valence-electron chi connectivity index (χ0n) is 15.1. The van der Waals surface area contributed by atoms with E-state index in [0.717, 1.165) is 19.6 Å². The molecule has 1 saturated heterocycles. The highest BCUT2D eigenvalue weighted by atomic mass is 19.3. The summed E-state index contributed by atoms with van der Waals surface area (Å²) in [6, 6.07) is 4.37. The van der Waals surface area contributed by atoms with Crippen LogP contribution in [0.2, 0.25) is 0 Å². The van der Waals surface area contributed by atoms with Crippen LogP contribution in [0.3, 0.4) is 0 Å². The van der Waals surface area contributed by atoms with Crippen LogP contribution in [0.5, 0.6) is 0 Å². The first-order valence-corrected chi connectivity index (χ1v) is 9.24. The van der Waals surface area contributed by atoms with Gasteiger partial charge in [-0.05, 0) is 36.8 Å². The molecule has 1 heterocycles. The van der Waals surface area contributed by atoms with Crippen molar-refractivity contribution in [1.29, 1.82) is 0 Å². The summed E-state index contributed by atoms with van der Waals surface area (Å²) in [4.78, 5) is 2.33. The number of halogens is 3. The molecule has 1 fully saturated rings. The molecule has 0 aromatic heterocycles. The van der Waals surface area contributed by atoms with Gasteiger partial charge in [0.25, 0.3) is 5.92 Å². The Morgan fingerprint density at radius 1 is 1.21 bits per heavy atom. The molecule has 1 aliphatic rings.